The molecule has 2 aromatic heterocycles. The Bertz CT molecular complexity index is 2790. The SMILES string of the molecule is CCOCCOCCOCCOS(=O)(=O)c1ccc(C)cc1.CCOCCOCCOCCOc1cccc2c1[n+]([O-])c1cccc(O)c1[n+]2[O-].[O-][n+]1c2cccc(O)c2[n+]([O-])c2cccc(O)c21. The lowest BCUT2D eigenvalue weighted by atomic mass is 10.2. The molecule has 21 nitrogen and oxygen atoms in total. The highest BCUT2D eigenvalue weighted by Crippen LogP contribution is 2.27. The second kappa shape index (κ2) is 26.8. The molecule has 22 heteroatoms. The number of benzene rings is 5. The first-order valence-electron chi connectivity index (χ1n) is 21.9. The van der Waals surface area contributed by atoms with Gasteiger partial charge in [-0.3, -0.25) is 4.18 Å². The number of rotatable bonds is 23. The molecular formula is C47H56N4O17S. The monoisotopic (exact) mass is 980 g/mol. The van der Waals surface area contributed by atoms with Crippen LogP contribution in [-0.2, 0) is 42.7 Å². The number of aryl methyl sites for hydroxylation is 1. The van der Waals surface area contributed by atoms with Crippen molar-refractivity contribution in [1.29, 1.82) is 0 Å². The number of hydrogen-bond donors (Lipinski definition) is 3. The fraction of sp³-hybridized carbons (Fsp3) is 0.362. The van der Waals surface area contributed by atoms with Gasteiger partial charge in [0.1, 0.15) is 6.61 Å². The van der Waals surface area contributed by atoms with Crippen molar-refractivity contribution in [3.05, 3.63) is 123 Å². The van der Waals surface area contributed by atoms with Crippen LogP contribution in [0.3, 0.4) is 0 Å². The Labute approximate surface area is 397 Å². The van der Waals surface area contributed by atoms with Gasteiger partial charge in [-0.05, 0) is 57.2 Å². The van der Waals surface area contributed by atoms with Crippen LogP contribution in [0.5, 0.6) is 23.0 Å². The van der Waals surface area contributed by atoms with Gasteiger partial charge in [-0.1, -0.05) is 42.0 Å². The molecule has 3 N–H and O–H groups in total. The second-order valence-corrected chi connectivity index (χ2v) is 16.1. The van der Waals surface area contributed by atoms with E-state index < -0.39 is 10.1 Å². The Morgan fingerprint density at radius 2 is 0.768 bits per heavy atom. The average molecular weight is 981 g/mol. The van der Waals surface area contributed by atoms with E-state index in [1.54, 1.807) is 24.3 Å². The molecule has 0 bridgehead atoms. The van der Waals surface area contributed by atoms with Crippen LogP contribution in [-0.4, -0.2) is 116 Å². The molecule has 0 atom stereocenters. The molecule has 2 heterocycles. The van der Waals surface area contributed by atoms with Crippen molar-refractivity contribution in [3.8, 4) is 23.0 Å². The maximum atomic E-state index is 12.8. The van der Waals surface area contributed by atoms with Gasteiger partial charge in [-0.25, -0.2) is 0 Å². The smallest absolute Gasteiger partial charge is 0.332 e. The zero-order chi connectivity index (χ0) is 49.8. The van der Waals surface area contributed by atoms with Gasteiger partial charge in [0.25, 0.3) is 32.2 Å². The van der Waals surface area contributed by atoms with Crippen molar-refractivity contribution in [2.45, 2.75) is 25.7 Å². The summed E-state index contributed by atoms with van der Waals surface area (Å²) in [4.78, 5) is 0.150. The Hall–Kier alpha value is -6.63. The van der Waals surface area contributed by atoms with E-state index in [2.05, 4.69) is 0 Å². The van der Waals surface area contributed by atoms with Crippen LogP contribution in [0.15, 0.2) is 102 Å². The summed E-state index contributed by atoms with van der Waals surface area (Å²) in [5.41, 5.74) is 0.930. The van der Waals surface area contributed by atoms with Crippen molar-refractivity contribution in [1.82, 2.24) is 0 Å². The number of phenols is 3. The molecule has 5 aromatic carbocycles. The number of nitrogens with zero attached hydrogens (tertiary/aromatic N) is 4. The summed E-state index contributed by atoms with van der Waals surface area (Å²) in [6.45, 7) is 11.6. The van der Waals surface area contributed by atoms with Gasteiger partial charge in [0, 0.05) is 37.5 Å². The van der Waals surface area contributed by atoms with Crippen LogP contribution in [0, 0.1) is 27.8 Å². The maximum absolute atomic E-state index is 12.8. The Balaban J connectivity index is 0.000000199. The van der Waals surface area contributed by atoms with Crippen molar-refractivity contribution < 1.29 is 80.0 Å². The summed E-state index contributed by atoms with van der Waals surface area (Å²) in [6.07, 6.45) is 0. The number of fused-ring (bicyclic) bond motifs is 4. The number of ether oxygens (including phenoxy) is 7. The van der Waals surface area contributed by atoms with Gasteiger partial charge in [0.05, 0.1) is 77.6 Å². The van der Waals surface area contributed by atoms with Crippen molar-refractivity contribution in [2.75, 3.05) is 92.5 Å². The topological polar surface area (TPSA) is 276 Å². The van der Waals surface area contributed by atoms with Crippen LogP contribution < -0.4 is 23.7 Å². The summed E-state index contributed by atoms with van der Waals surface area (Å²) in [5, 5.41) is 79.0. The number of para-hydroxylation sites is 4. The normalized spacial score (nSPS) is 11.4. The fourth-order valence-electron chi connectivity index (χ4n) is 6.51. The van der Waals surface area contributed by atoms with E-state index in [0.29, 0.717) is 91.6 Å². The minimum atomic E-state index is -3.71. The summed E-state index contributed by atoms with van der Waals surface area (Å²) < 4.78 is 67.9. The first-order valence-corrected chi connectivity index (χ1v) is 23.3. The maximum Gasteiger partial charge on any atom is 0.332 e. The molecule has 0 radical (unpaired) electrons. The summed E-state index contributed by atoms with van der Waals surface area (Å²) in [5.74, 6) is -0.550. The summed E-state index contributed by atoms with van der Waals surface area (Å²) in [7, 11) is -3.71. The minimum absolute atomic E-state index is 0.000926. The standard InChI is InChI=1S/C20H24N2O7.C15H24O6S.C12H8N2O4/c1-2-26-9-10-27-11-12-28-13-14-29-18-8-4-6-16-20(18)22(25)15-5-3-7-17(23)19(15)21(16)24;1-3-18-8-9-19-10-11-20-12-13-21-22(16,17)15-6-4-14(2)5-7-15;15-9-5-1-3-7-11(9)14(18)8-4-2-6-10(16)12(8)13(7)17/h3-8,23H,2,9-14H2,1H3;4-7H,3,8-13H2,1-2H3;1-6,15-16H. The highest BCUT2D eigenvalue weighted by Gasteiger charge is 2.28. The Kier molecular flexibility index (Phi) is 20.7. The predicted molar refractivity (Wildman–Crippen MR) is 250 cm³/mol. The summed E-state index contributed by atoms with van der Waals surface area (Å²) in [6, 6.07) is 24.0. The highest BCUT2D eigenvalue weighted by molar-refractivity contribution is 7.86. The van der Waals surface area contributed by atoms with E-state index in [1.807, 2.05) is 20.8 Å². The van der Waals surface area contributed by atoms with Crippen molar-refractivity contribution >= 4 is 54.3 Å². The molecule has 0 unspecified atom stereocenters. The lowest BCUT2D eigenvalue weighted by Crippen LogP contribution is -2.39. The molecule has 7 rings (SSSR count). The first kappa shape index (κ1) is 53.3. The zero-order valence-corrected chi connectivity index (χ0v) is 39.2. The van der Waals surface area contributed by atoms with Gasteiger partial charge in [0.15, 0.2) is 23.0 Å². The molecule has 7 aromatic rings. The van der Waals surface area contributed by atoms with Gasteiger partial charge in [-0.15, -0.1) is 0 Å². The van der Waals surface area contributed by atoms with Crippen LogP contribution in [0.4, 0.5) is 0 Å². The highest BCUT2D eigenvalue weighted by atomic mass is 32.2. The lowest BCUT2D eigenvalue weighted by molar-refractivity contribution is -0.591. The average Bonchev–Trinajstić information content (AvgIpc) is 3.34. The third kappa shape index (κ3) is 14.4. The van der Waals surface area contributed by atoms with Gasteiger partial charge < -0.3 is 69.3 Å². The zero-order valence-electron chi connectivity index (χ0n) is 38.4. The van der Waals surface area contributed by atoms with Crippen LogP contribution in [0.2, 0.25) is 0 Å². The van der Waals surface area contributed by atoms with Gasteiger partial charge in [-0.2, -0.15) is 27.3 Å². The number of aromatic nitrogens is 4. The lowest BCUT2D eigenvalue weighted by Gasteiger charge is -2.12. The first-order chi connectivity index (χ1) is 33.3. The fourth-order valence-corrected chi connectivity index (χ4v) is 7.40. The summed E-state index contributed by atoms with van der Waals surface area (Å²) >= 11 is 0. The largest absolute Gasteiger partial charge is 0.617 e. The minimum Gasteiger partial charge on any atom is -0.617 e. The Morgan fingerprint density at radius 3 is 1.17 bits per heavy atom. The second-order valence-electron chi connectivity index (χ2n) is 14.5. The molecule has 372 valence electrons. The van der Waals surface area contributed by atoms with E-state index in [0.717, 1.165) is 5.56 Å². The number of phenolic OH excluding ortho intramolecular Hbond substituents is 3. The molecule has 0 aliphatic rings. The third-order valence-corrected chi connectivity index (χ3v) is 11.1. The van der Waals surface area contributed by atoms with Crippen LogP contribution >= 0.6 is 0 Å². The van der Waals surface area contributed by atoms with Crippen LogP contribution in [0.25, 0.3) is 44.1 Å². The van der Waals surface area contributed by atoms with Gasteiger partial charge >= 0.3 is 22.1 Å². The molecule has 0 aliphatic heterocycles. The number of hydrogen-bond acceptors (Lipinski definition) is 17. The molecule has 0 spiro atoms. The molecule has 0 saturated carbocycles. The third-order valence-electron chi connectivity index (χ3n) is 9.80. The molecule has 0 fully saturated rings. The molecule has 0 saturated heterocycles. The van der Waals surface area contributed by atoms with E-state index in [9.17, 15) is 44.6 Å². The molecule has 69 heavy (non-hydrogen) atoms. The predicted octanol–water partition coefficient (Wildman–Crippen LogP) is 3.85. The van der Waals surface area contributed by atoms with E-state index in [1.165, 1.54) is 72.8 Å². The molecular weight excluding hydrogens is 925 g/mol. The molecule has 0 amide bonds. The quantitative estimate of drug-likeness (QED) is 0.0270. The molecule has 0 aliphatic carbocycles. The van der Waals surface area contributed by atoms with Gasteiger partial charge in [0.2, 0.25) is 0 Å². The van der Waals surface area contributed by atoms with E-state index in [4.69, 9.17) is 37.3 Å². The van der Waals surface area contributed by atoms with Crippen molar-refractivity contribution in [2.24, 2.45) is 0 Å². The van der Waals surface area contributed by atoms with E-state index >= 15 is 0 Å². The van der Waals surface area contributed by atoms with Crippen molar-refractivity contribution in [3.63, 3.8) is 0 Å². The van der Waals surface area contributed by atoms with E-state index in [-0.39, 0.29) is 91.8 Å². The number of aromatic hydroxyl groups is 3. The Morgan fingerprint density at radius 1 is 0.435 bits per heavy atom. The van der Waals surface area contributed by atoms with Crippen LogP contribution in [0.1, 0.15) is 19.4 Å².